The lowest BCUT2D eigenvalue weighted by molar-refractivity contribution is 0.342. The van der Waals surface area contributed by atoms with E-state index in [9.17, 15) is 0 Å². The Morgan fingerprint density at radius 3 is 2.27 bits per heavy atom. The number of hydrazone groups is 1. The third kappa shape index (κ3) is 2.10. The van der Waals surface area contributed by atoms with Crippen LogP contribution >= 0.6 is 0 Å². The summed E-state index contributed by atoms with van der Waals surface area (Å²) >= 11 is 0. The van der Waals surface area contributed by atoms with Crippen LogP contribution in [0.1, 0.15) is 32.6 Å². The van der Waals surface area contributed by atoms with Gasteiger partial charge in [0.2, 0.25) is 0 Å². The molecule has 1 aliphatic rings. The Morgan fingerprint density at radius 2 is 1.82 bits per heavy atom. The fraction of sp³-hybridized carbons (Fsp3) is 0.875. The summed E-state index contributed by atoms with van der Waals surface area (Å²) in [5.41, 5.74) is 5.62. The van der Waals surface area contributed by atoms with E-state index in [-0.39, 0.29) is 0 Å². The molecule has 0 aromatic carbocycles. The zero-order valence-corrected chi connectivity index (χ0v) is 7.09. The van der Waals surface area contributed by atoms with Crippen molar-refractivity contribution in [3.8, 4) is 0 Å². The van der Waals surface area contributed by atoms with Gasteiger partial charge in [0.05, 0.1) is 0 Å². The molecule has 1 aliphatic carbocycles. The summed E-state index contributed by atoms with van der Waals surface area (Å²) in [5, 5.41) is 3.53. The van der Waals surface area contributed by atoms with Crippen LogP contribution in [-0.2, 0) is 0 Å². The van der Waals surface area contributed by atoms with Crippen LogP contribution in [0.4, 0.5) is 0 Å². The fourth-order valence-electron chi connectivity index (χ4n) is 1.66. The molecule has 11 heavy (non-hydrogen) atoms. The van der Waals surface area contributed by atoms with Gasteiger partial charge < -0.3 is 11.6 Å². The zero-order valence-electron chi connectivity index (χ0n) is 7.09. The molecule has 1 rings (SSSR count). The topological polar surface area (TPSA) is 64.4 Å². The largest absolute Gasteiger partial charge is 0.386 e. The summed E-state index contributed by atoms with van der Waals surface area (Å²) < 4.78 is 0. The molecule has 0 aromatic heterocycles. The zero-order chi connectivity index (χ0) is 8.27. The van der Waals surface area contributed by atoms with Gasteiger partial charge in [-0.3, -0.25) is 0 Å². The Balaban J connectivity index is 2.39. The molecule has 0 unspecified atom stereocenters. The number of nitrogens with zero attached hydrogens (tertiary/aromatic N) is 1. The van der Waals surface area contributed by atoms with Crippen LogP contribution in [0, 0.1) is 11.8 Å². The quantitative estimate of drug-likeness (QED) is 0.257. The highest BCUT2D eigenvalue weighted by Crippen LogP contribution is 2.27. The second-order valence-electron chi connectivity index (χ2n) is 3.51. The van der Waals surface area contributed by atoms with Gasteiger partial charge in [-0.25, -0.2) is 0 Å². The van der Waals surface area contributed by atoms with Gasteiger partial charge >= 0.3 is 0 Å². The highest BCUT2D eigenvalue weighted by atomic mass is 15.2. The Labute approximate surface area is 67.8 Å². The van der Waals surface area contributed by atoms with E-state index < -0.39 is 0 Å². The number of hydrogen-bond donors (Lipinski definition) is 2. The van der Waals surface area contributed by atoms with E-state index >= 15 is 0 Å². The van der Waals surface area contributed by atoms with Gasteiger partial charge in [0, 0.05) is 5.92 Å². The summed E-state index contributed by atoms with van der Waals surface area (Å²) in [7, 11) is 0. The summed E-state index contributed by atoms with van der Waals surface area (Å²) in [4.78, 5) is 0. The minimum atomic E-state index is 0.455. The molecule has 1 saturated carbocycles. The van der Waals surface area contributed by atoms with Crippen molar-refractivity contribution in [2.24, 2.45) is 28.5 Å². The average molecular weight is 155 g/mol. The van der Waals surface area contributed by atoms with Gasteiger partial charge in [-0.1, -0.05) is 19.8 Å². The second-order valence-corrected chi connectivity index (χ2v) is 3.51. The molecule has 1 fully saturated rings. The first-order chi connectivity index (χ1) is 5.24. The number of amidine groups is 1. The molecule has 0 aliphatic heterocycles. The first kappa shape index (κ1) is 8.37. The lowest BCUT2D eigenvalue weighted by Crippen LogP contribution is -2.28. The lowest BCUT2D eigenvalue weighted by atomic mass is 9.82. The molecule has 4 N–H and O–H groups in total. The van der Waals surface area contributed by atoms with Crippen LogP contribution < -0.4 is 11.6 Å². The number of hydrogen-bond acceptors (Lipinski definition) is 2. The maximum Gasteiger partial charge on any atom is 0.122 e. The fourth-order valence-corrected chi connectivity index (χ4v) is 1.66. The van der Waals surface area contributed by atoms with Gasteiger partial charge in [-0.2, -0.15) is 5.10 Å². The van der Waals surface area contributed by atoms with E-state index in [1.165, 1.54) is 12.8 Å². The van der Waals surface area contributed by atoms with Crippen molar-refractivity contribution in [3.63, 3.8) is 0 Å². The molecule has 0 heterocycles. The van der Waals surface area contributed by atoms with Crippen molar-refractivity contribution in [1.82, 2.24) is 0 Å². The van der Waals surface area contributed by atoms with E-state index in [0.29, 0.717) is 11.8 Å². The normalized spacial score (nSPS) is 33.7. The van der Waals surface area contributed by atoms with Crippen molar-refractivity contribution in [2.45, 2.75) is 32.6 Å². The molecule has 0 bridgehead atoms. The van der Waals surface area contributed by atoms with Crippen molar-refractivity contribution in [2.75, 3.05) is 0 Å². The molecule has 3 nitrogen and oxygen atoms in total. The van der Waals surface area contributed by atoms with Gasteiger partial charge in [-0.05, 0) is 18.8 Å². The second kappa shape index (κ2) is 3.60. The van der Waals surface area contributed by atoms with E-state index in [1.807, 2.05) is 0 Å². The van der Waals surface area contributed by atoms with Gasteiger partial charge in [0.15, 0.2) is 0 Å². The maximum absolute atomic E-state index is 5.62. The van der Waals surface area contributed by atoms with Crippen LogP contribution in [0.25, 0.3) is 0 Å². The first-order valence-electron chi connectivity index (χ1n) is 4.27. The van der Waals surface area contributed by atoms with Crippen molar-refractivity contribution in [1.29, 1.82) is 0 Å². The van der Waals surface area contributed by atoms with Crippen LogP contribution in [0.2, 0.25) is 0 Å². The molecule has 0 spiro atoms. The van der Waals surface area contributed by atoms with E-state index in [4.69, 9.17) is 11.6 Å². The third-order valence-corrected chi connectivity index (χ3v) is 2.58. The molecule has 0 atom stereocenters. The predicted octanol–water partition coefficient (Wildman–Crippen LogP) is 1.04. The Kier molecular flexibility index (Phi) is 2.74. The van der Waals surface area contributed by atoms with Crippen LogP contribution in [0.15, 0.2) is 5.10 Å². The summed E-state index contributed by atoms with van der Waals surface area (Å²) in [6.07, 6.45) is 4.85. The van der Waals surface area contributed by atoms with Gasteiger partial charge in [0.1, 0.15) is 5.84 Å². The average Bonchev–Trinajstić information content (AvgIpc) is 2.05. The van der Waals surface area contributed by atoms with Gasteiger partial charge in [-0.15, -0.1) is 0 Å². The van der Waals surface area contributed by atoms with Crippen LogP contribution in [0.3, 0.4) is 0 Å². The number of nitrogens with two attached hydrogens (primary N) is 2. The van der Waals surface area contributed by atoms with Crippen LogP contribution in [-0.4, -0.2) is 5.84 Å². The molecule has 3 heteroatoms. The minimum Gasteiger partial charge on any atom is -0.386 e. The maximum atomic E-state index is 5.62. The Hall–Kier alpha value is -0.730. The van der Waals surface area contributed by atoms with Gasteiger partial charge in [0.25, 0.3) is 0 Å². The third-order valence-electron chi connectivity index (χ3n) is 2.58. The van der Waals surface area contributed by atoms with E-state index in [2.05, 4.69) is 12.0 Å². The molecule has 0 saturated heterocycles. The molecular formula is C8H17N3. The first-order valence-corrected chi connectivity index (χ1v) is 4.27. The summed E-state index contributed by atoms with van der Waals surface area (Å²) in [6.45, 7) is 2.28. The molecular weight excluding hydrogens is 138 g/mol. The monoisotopic (exact) mass is 155 g/mol. The molecule has 64 valence electrons. The summed E-state index contributed by atoms with van der Waals surface area (Å²) in [6, 6.07) is 0. The SMILES string of the molecule is CC1CCC(C(N)=NN)CC1. The molecule has 0 amide bonds. The van der Waals surface area contributed by atoms with E-state index in [0.717, 1.165) is 18.8 Å². The van der Waals surface area contributed by atoms with E-state index in [1.54, 1.807) is 0 Å². The summed E-state index contributed by atoms with van der Waals surface area (Å²) in [5.74, 6) is 7.05. The highest BCUT2D eigenvalue weighted by molar-refractivity contribution is 5.82. The Bertz CT molecular complexity index is 145. The Morgan fingerprint density at radius 1 is 1.27 bits per heavy atom. The smallest absolute Gasteiger partial charge is 0.122 e. The number of rotatable bonds is 1. The predicted molar refractivity (Wildman–Crippen MR) is 46.9 cm³/mol. The lowest BCUT2D eigenvalue weighted by Gasteiger charge is -2.24. The van der Waals surface area contributed by atoms with Crippen molar-refractivity contribution >= 4 is 5.84 Å². The molecule has 0 aromatic rings. The van der Waals surface area contributed by atoms with Crippen molar-refractivity contribution < 1.29 is 0 Å². The van der Waals surface area contributed by atoms with Crippen LogP contribution in [0.5, 0.6) is 0 Å². The minimum absolute atomic E-state index is 0.455. The molecule has 0 radical (unpaired) electrons. The highest BCUT2D eigenvalue weighted by Gasteiger charge is 2.20. The standard InChI is InChI=1S/C8H17N3/c1-6-2-4-7(5-3-6)8(9)11-10/h6-7H,2-5,10H2,1H3,(H2,9,11). The van der Waals surface area contributed by atoms with Crippen molar-refractivity contribution in [3.05, 3.63) is 0 Å².